The molecule has 0 radical (unpaired) electrons. The van der Waals surface area contributed by atoms with Gasteiger partial charge in [-0.15, -0.1) is 0 Å². The van der Waals surface area contributed by atoms with Crippen LogP contribution in [-0.4, -0.2) is 0 Å². The molecule has 18 heavy (non-hydrogen) atoms. The molecule has 0 fully saturated rings. The van der Waals surface area contributed by atoms with Crippen LogP contribution in [-0.2, 0) is 12.8 Å². The van der Waals surface area contributed by atoms with Gasteiger partial charge >= 0.3 is 0 Å². The zero-order valence-electron chi connectivity index (χ0n) is 10.7. The van der Waals surface area contributed by atoms with Crippen molar-refractivity contribution < 1.29 is 4.42 Å². The average Bonchev–Trinajstić information content (AvgIpc) is 2.83. The highest BCUT2D eigenvalue weighted by atomic mass is 35.5. The van der Waals surface area contributed by atoms with E-state index in [0.29, 0.717) is 11.0 Å². The Morgan fingerprint density at radius 2 is 1.83 bits per heavy atom. The van der Waals surface area contributed by atoms with Crippen molar-refractivity contribution in [3.05, 3.63) is 58.0 Å². The lowest BCUT2D eigenvalue weighted by molar-refractivity contribution is 0.491. The molecule has 2 nitrogen and oxygen atoms in total. The second-order valence-electron chi connectivity index (χ2n) is 4.35. The van der Waals surface area contributed by atoms with Crippen molar-refractivity contribution in [1.29, 1.82) is 0 Å². The van der Waals surface area contributed by atoms with Crippen LogP contribution in [0.5, 0.6) is 0 Å². The van der Waals surface area contributed by atoms with E-state index in [-0.39, 0.29) is 6.04 Å². The lowest BCUT2D eigenvalue weighted by Crippen LogP contribution is -2.11. The molecule has 96 valence electrons. The number of benzene rings is 1. The van der Waals surface area contributed by atoms with Gasteiger partial charge in [0.25, 0.3) is 0 Å². The third-order valence-electron chi connectivity index (χ3n) is 3.25. The smallest absolute Gasteiger partial charge is 0.193 e. The van der Waals surface area contributed by atoms with Crippen molar-refractivity contribution in [2.24, 2.45) is 5.73 Å². The highest BCUT2D eigenvalue weighted by Crippen LogP contribution is 2.25. The summed E-state index contributed by atoms with van der Waals surface area (Å²) in [7, 11) is 0. The van der Waals surface area contributed by atoms with Crippen LogP contribution in [0.3, 0.4) is 0 Å². The van der Waals surface area contributed by atoms with E-state index in [4.69, 9.17) is 21.8 Å². The minimum absolute atomic E-state index is 0.256. The van der Waals surface area contributed by atoms with E-state index in [9.17, 15) is 0 Å². The Morgan fingerprint density at radius 3 is 2.39 bits per heavy atom. The summed E-state index contributed by atoms with van der Waals surface area (Å²) in [6, 6.07) is 9.68. The summed E-state index contributed by atoms with van der Waals surface area (Å²) in [4.78, 5) is 0. The standard InChI is InChI=1S/C15H18ClNO/c1-3-10-5-6-12(9-11(10)4-2)15(17)13-7-8-14(16)18-13/h5-9,15H,3-4,17H2,1-2H3. The van der Waals surface area contributed by atoms with Crippen LogP contribution in [0.1, 0.15) is 42.3 Å². The van der Waals surface area contributed by atoms with Gasteiger partial charge in [-0.2, -0.15) is 0 Å². The lowest BCUT2D eigenvalue weighted by Gasteiger charge is -2.13. The first-order chi connectivity index (χ1) is 8.65. The quantitative estimate of drug-likeness (QED) is 0.902. The third-order valence-corrected chi connectivity index (χ3v) is 3.45. The van der Waals surface area contributed by atoms with Gasteiger partial charge in [-0.05, 0) is 53.3 Å². The van der Waals surface area contributed by atoms with Crippen molar-refractivity contribution >= 4 is 11.6 Å². The highest BCUT2D eigenvalue weighted by molar-refractivity contribution is 6.28. The summed E-state index contributed by atoms with van der Waals surface area (Å²) in [6.07, 6.45) is 2.06. The Hall–Kier alpha value is -1.25. The van der Waals surface area contributed by atoms with Crippen LogP contribution in [0.15, 0.2) is 34.7 Å². The molecule has 1 aromatic heterocycles. The Balaban J connectivity index is 2.33. The molecule has 1 atom stereocenters. The molecule has 1 heterocycles. The molecule has 0 saturated carbocycles. The van der Waals surface area contributed by atoms with E-state index < -0.39 is 0 Å². The van der Waals surface area contributed by atoms with Crippen LogP contribution < -0.4 is 5.73 Å². The fourth-order valence-electron chi connectivity index (χ4n) is 2.17. The molecule has 1 unspecified atom stereocenters. The molecule has 0 saturated heterocycles. The Kier molecular flexibility index (Phi) is 4.10. The van der Waals surface area contributed by atoms with E-state index >= 15 is 0 Å². The van der Waals surface area contributed by atoms with Gasteiger partial charge in [0.1, 0.15) is 5.76 Å². The lowest BCUT2D eigenvalue weighted by atomic mass is 9.96. The fraction of sp³-hybridized carbons (Fsp3) is 0.333. The zero-order chi connectivity index (χ0) is 13.1. The molecule has 0 bridgehead atoms. The number of hydrogen-bond donors (Lipinski definition) is 1. The maximum absolute atomic E-state index is 6.19. The molecule has 2 N–H and O–H groups in total. The maximum atomic E-state index is 6.19. The molecule has 2 rings (SSSR count). The number of hydrogen-bond acceptors (Lipinski definition) is 2. The summed E-state index contributed by atoms with van der Waals surface area (Å²) in [6.45, 7) is 4.33. The van der Waals surface area contributed by atoms with E-state index in [2.05, 4.69) is 32.0 Å². The molecule has 0 amide bonds. The topological polar surface area (TPSA) is 39.2 Å². The average molecular weight is 264 g/mol. The molecular weight excluding hydrogens is 246 g/mol. The van der Waals surface area contributed by atoms with Crippen molar-refractivity contribution in [2.75, 3.05) is 0 Å². The van der Waals surface area contributed by atoms with Gasteiger partial charge < -0.3 is 10.2 Å². The first kappa shape index (κ1) is 13.2. The Bertz CT molecular complexity index is 533. The summed E-state index contributed by atoms with van der Waals surface area (Å²) in [5.41, 5.74) is 9.99. The molecule has 2 aromatic rings. The van der Waals surface area contributed by atoms with E-state index in [0.717, 1.165) is 18.4 Å². The Morgan fingerprint density at radius 1 is 1.11 bits per heavy atom. The minimum Gasteiger partial charge on any atom is -0.448 e. The third kappa shape index (κ3) is 2.60. The predicted octanol–water partition coefficient (Wildman–Crippen LogP) is 4.11. The largest absolute Gasteiger partial charge is 0.448 e. The summed E-state index contributed by atoms with van der Waals surface area (Å²) in [5.74, 6) is 0.700. The summed E-state index contributed by atoms with van der Waals surface area (Å²) >= 11 is 5.78. The second kappa shape index (κ2) is 5.59. The molecule has 3 heteroatoms. The molecule has 0 aliphatic carbocycles. The van der Waals surface area contributed by atoms with Crippen molar-refractivity contribution in [3.63, 3.8) is 0 Å². The van der Waals surface area contributed by atoms with Gasteiger partial charge in [-0.1, -0.05) is 32.0 Å². The number of nitrogens with two attached hydrogens (primary N) is 1. The van der Waals surface area contributed by atoms with Crippen molar-refractivity contribution in [3.8, 4) is 0 Å². The van der Waals surface area contributed by atoms with Gasteiger partial charge in [-0.3, -0.25) is 0 Å². The van der Waals surface area contributed by atoms with Crippen molar-refractivity contribution in [1.82, 2.24) is 0 Å². The number of furan rings is 1. The van der Waals surface area contributed by atoms with E-state index in [1.54, 1.807) is 6.07 Å². The SMILES string of the molecule is CCc1ccc(C(N)c2ccc(Cl)o2)cc1CC. The van der Waals surface area contributed by atoms with Gasteiger partial charge in [0, 0.05) is 0 Å². The first-order valence-corrected chi connectivity index (χ1v) is 6.66. The molecule has 1 aromatic carbocycles. The second-order valence-corrected chi connectivity index (χ2v) is 4.73. The number of rotatable bonds is 4. The van der Waals surface area contributed by atoms with Crippen LogP contribution in [0.4, 0.5) is 0 Å². The molecular formula is C15H18ClNO. The van der Waals surface area contributed by atoms with E-state index in [1.807, 2.05) is 6.07 Å². The summed E-state index contributed by atoms with van der Waals surface area (Å²) < 4.78 is 5.37. The Labute approximate surface area is 113 Å². The summed E-state index contributed by atoms with van der Waals surface area (Å²) in [5, 5.41) is 0.376. The van der Waals surface area contributed by atoms with Crippen LogP contribution in [0.25, 0.3) is 0 Å². The van der Waals surface area contributed by atoms with Gasteiger partial charge in [0.05, 0.1) is 6.04 Å². The first-order valence-electron chi connectivity index (χ1n) is 6.28. The van der Waals surface area contributed by atoms with Crippen LogP contribution in [0.2, 0.25) is 5.22 Å². The minimum atomic E-state index is -0.256. The molecule has 0 spiro atoms. The van der Waals surface area contributed by atoms with Crippen LogP contribution in [0, 0.1) is 0 Å². The fourth-order valence-corrected chi connectivity index (χ4v) is 2.33. The maximum Gasteiger partial charge on any atom is 0.193 e. The van der Waals surface area contributed by atoms with Gasteiger partial charge in [0.2, 0.25) is 0 Å². The highest BCUT2D eigenvalue weighted by Gasteiger charge is 2.14. The number of halogens is 1. The van der Waals surface area contributed by atoms with Crippen molar-refractivity contribution in [2.45, 2.75) is 32.7 Å². The van der Waals surface area contributed by atoms with Gasteiger partial charge in [0.15, 0.2) is 5.22 Å². The monoisotopic (exact) mass is 263 g/mol. The molecule has 0 aliphatic heterocycles. The van der Waals surface area contributed by atoms with E-state index in [1.165, 1.54) is 11.1 Å². The normalized spacial score (nSPS) is 12.7. The predicted molar refractivity (Wildman–Crippen MR) is 74.9 cm³/mol. The number of aryl methyl sites for hydroxylation is 2. The molecule has 0 aliphatic rings. The van der Waals surface area contributed by atoms with Gasteiger partial charge in [-0.25, -0.2) is 0 Å². The van der Waals surface area contributed by atoms with Crippen LogP contribution >= 0.6 is 11.6 Å². The zero-order valence-corrected chi connectivity index (χ0v) is 11.5.